The number of aromatic nitrogens is 7. The molecule has 1 spiro atoms. The Morgan fingerprint density at radius 3 is 2.64 bits per heavy atom. The van der Waals surface area contributed by atoms with Crippen molar-refractivity contribution in [3.05, 3.63) is 61.0 Å². The summed E-state index contributed by atoms with van der Waals surface area (Å²) in [5.74, 6) is 3.96. The zero-order chi connectivity index (χ0) is 32.1. The molecule has 1 atom stereocenters. The molecule has 0 unspecified atom stereocenters. The fraction of sp³-hybridized carbons (Fsp3) is 0.500. The fourth-order valence-electron chi connectivity index (χ4n) is 8.06. The van der Waals surface area contributed by atoms with Gasteiger partial charge in [-0.05, 0) is 62.1 Å². The normalized spacial score (nSPS) is 22.6. The summed E-state index contributed by atoms with van der Waals surface area (Å²) in [6.45, 7) is 8.56. The lowest BCUT2D eigenvalue weighted by Crippen LogP contribution is -2.65. The summed E-state index contributed by atoms with van der Waals surface area (Å²) in [7, 11) is 0. The van der Waals surface area contributed by atoms with Crippen molar-refractivity contribution in [3.63, 3.8) is 0 Å². The molecular formula is C34H40FN11O. The molecule has 5 heterocycles. The van der Waals surface area contributed by atoms with Gasteiger partial charge in [-0.2, -0.15) is 0 Å². The molecule has 0 radical (unpaired) electrons. The first-order chi connectivity index (χ1) is 22.8. The van der Waals surface area contributed by atoms with Crippen LogP contribution in [-0.4, -0.2) is 78.3 Å². The van der Waals surface area contributed by atoms with Crippen molar-refractivity contribution in [1.29, 1.82) is 0 Å². The molecule has 2 saturated carbocycles. The average Bonchev–Trinajstić information content (AvgIpc) is 3.78. The van der Waals surface area contributed by atoms with Gasteiger partial charge in [0.25, 0.3) is 5.88 Å². The Kier molecular flexibility index (Phi) is 7.58. The van der Waals surface area contributed by atoms with E-state index in [2.05, 4.69) is 64.1 Å². The molecule has 4 aromatic rings. The summed E-state index contributed by atoms with van der Waals surface area (Å²) >= 11 is 0. The second-order valence-corrected chi connectivity index (χ2v) is 14.1. The Bertz CT molecular complexity index is 1760. The predicted molar refractivity (Wildman–Crippen MR) is 175 cm³/mol. The minimum atomic E-state index is -0.351. The van der Waals surface area contributed by atoms with Crippen LogP contribution in [-0.2, 0) is 0 Å². The van der Waals surface area contributed by atoms with Crippen LogP contribution < -0.4 is 20.7 Å². The summed E-state index contributed by atoms with van der Waals surface area (Å²) in [5, 5.41) is 11.9. The monoisotopic (exact) mass is 637 g/mol. The summed E-state index contributed by atoms with van der Waals surface area (Å²) in [5.41, 5.74) is 8.35. The number of rotatable bonds is 10. The zero-order valence-corrected chi connectivity index (χ0v) is 26.8. The Labute approximate surface area is 273 Å². The van der Waals surface area contributed by atoms with E-state index in [1.165, 1.54) is 24.8 Å². The van der Waals surface area contributed by atoms with Gasteiger partial charge in [-0.1, -0.05) is 13.8 Å². The molecule has 47 heavy (non-hydrogen) atoms. The van der Waals surface area contributed by atoms with Crippen LogP contribution in [0.2, 0.25) is 0 Å². The van der Waals surface area contributed by atoms with Gasteiger partial charge < -0.3 is 20.7 Å². The number of halogens is 1. The summed E-state index contributed by atoms with van der Waals surface area (Å²) in [6, 6.07) is 7.26. The van der Waals surface area contributed by atoms with E-state index in [9.17, 15) is 4.39 Å². The molecular weight excluding hydrogens is 597 g/mol. The molecule has 4 aliphatic rings. The van der Waals surface area contributed by atoms with Crippen LogP contribution in [0.1, 0.15) is 57.6 Å². The molecule has 2 saturated heterocycles. The highest BCUT2D eigenvalue weighted by Gasteiger charge is 2.53. The largest absolute Gasteiger partial charge is 0.434 e. The molecule has 3 aromatic heterocycles. The number of anilines is 3. The molecule has 2 aliphatic carbocycles. The number of benzene rings is 1. The van der Waals surface area contributed by atoms with Gasteiger partial charge in [0.2, 0.25) is 0 Å². The molecule has 244 valence electrons. The van der Waals surface area contributed by atoms with Gasteiger partial charge in [-0.3, -0.25) is 4.90 Å². The third kappa shape index (κ3) is 5.92. The number of nitrogens with zero attached hydrogens (tertiary/aromatic N) is 9. The highest BCUT2D eigenvalue weighted by molar-refractivity contribution is 5.73. The van der Waals surface area contributed by atoms with Gasteiger partial charge in [0, 0.05) is 73.0 Å². The molecule has 12 nitrogen and oxygen atoms in total. The SMILES string of the molecule is CC(C)[C@H](C1CC(Nc2cc(N)ncn2)C1)N1CC2(CCN(c3ncnnc3Oc3ccc(F)cc3-c3cncnc3C3CC3)C2)C1. The van der Waals surface area contributed by atoms with Crippen LogP contribution in [0.5, 0.6) is 11.6 Å². The smallest absolute Gasteiger partial charge is 0.282 e. The van der Waals surface area contributed by atoms with Crippen LogP contribution >= 0.6 is 0 Å². The third-order valence-electron chi connectivity index (χ3n) is 10.3. The van der Waals surface area contributed by atoms with E-state index in [0.29, 0.717) is 58.7 Å². The van der Waals surface area contributed by atoms with Gasteiger partial charge in [-0.25, -0.2) is 29.3 Å². The van der Waals surface area contributed by atoms with E-state index >= 15 is 0 Å². The maximum absolute atomic E-state index is 14.6. The first-order valence-corrected chi connectivity index (χ1v) is 16.6. The number of likely N-dealkylation sites (tertiary alicyclic amines) is 1. The molecule has 13 heteroatoms. The van der Waals surface area contributed by atoms with Crippen LogP contribution in [0.3, 0.4) is 0 Å². The van der Waals surface area contributed by atoms with Gasteiger partial charge >= 0.3 is 0 Å². The van der Waals surface area contributed by atoms with Crippen molar-refractivity contribution in [1.82, 2.24) is 40.0 Å². The first kappa shape index (κ1) is 29.9. The van der Waals surface area contributed by atoms with Crippen molar-refractivity contribution >= 4 is 17.5 Å². The standard InChI is InChI=1S/C34H40FN11O/c1-20(2)31(22-9-24(10-22)43-29-12-28(36)38-18-39-29)46-15-34(16-46)7-8-45(14-34)32-33(44-42-19-41-32)47-27-6-5-23(35)11-25(27)26-13-37-17-40-30(26)21-3-4-21/h5-6,11-13,17-22,24,31H,3-4,7-10,14-16H2,1-2H3,(H3,36,38,39,43)/t22?,24?,31-/m1/s1. The van der Waals surface area contributed by atoms with Crippen LogP contribution in [0.25, 0.3) is 11.1 Å². The average molecular weight is 638 g/mol. The number of nitrogens with one attached hydrogen (secondary N) is 1. The number of hydrogen-bond acceptors (Lipinski definition) is 12. The number of ether oxygens (including phenoxy) is 1. The van der Waals surface area contributed by atoms with Gasteiger partial charge in [0.05, 0.1) is 5.69 Å². The number of hydrogen-bond donors (Lipinski definition) is 2. The van der Waals surface area contributed by atoms with Crippen LogP contribution in [0, 0.1) is 23.1 Å². The van der Waals surface area contributed by atoms with E-state index in [-0.39, 0.29) is 11.2 Å². The van der Waals surface area contributed by atoms with Crippen molar-refractivity contribution in [3.8, 4) is 22.8 Å². The highest BCUT2D eigenvalue weighted by atomic mass is 19.1. The van der Waals surface area contributed by atoms with Crippen molar-refractivity contribution < 1.29 is 9.13 Å². The van der Waals surface area contributed by atoms with Crippen molar-refractivity contribution in [2.45, 2.75) is 64.0 Å². The molecule has 8 rings (SSSR count). The number of nitrogen functional groups attached to an aromatic ring is 1. The van der Waals surface area contributed by atoms with Gasteiger partial charge in [0.15, 0.2) is 5.82 Å². The van der Waals surface area contributed by atoms with E-state index < -0.39 is 0 Å². The van der Waals surface area contributed by atoms with Crippen LogP contribution in [0.15, 0.2) is 49.4 Å². The Morgan fingerprint density at radius 1 is 1.00 bits per heavy atom. The summed E-state index contributed by atoms with van der Waals surface area (Å²) in [4.78, 5) is 26.7. The van der Waals surface area contributed by atoms with Crippen LogP contribution in [0.4, 0.5) is 21.8 Å². The molecule has 1 aromatic carbocycles. The Balaban J connectivity index is 0.940. The molecule has 3 N–H and O–H groups in total. The van der Waals surface area contributed by atoms with Crippen molar-refractivity contribution in [2.75, 3.05) is 42.1 Å². The van der Waals surface area contributed by atoms with E-state index in [0.717, 1.165) is 75.4 Å². The maximum Gasteiger partial charge on any atom is 0.282 e. The second kappa shape index (κ2) is 11.9. The number of nitrogens with two attached hydrogens (primary N) is 1. The summed E-state index contributed by atoms with van der Waals surface area (Å²) in [6.07, 6.45) is 11.7. The van der Waals surface area contributed by atoms with E-state index in [1.54, 1.807) is 24.7 Å². The second-order valence-electron chi connectivity index (χ2n) is 14.1. The van der Waals surface area contributed by atoms with Gasteiger partial charge in [-0.15, -0.1) is 10.2 Å². The minimum absolute atomic E-state index is 0.205. The molecule has 0 amide bonds. The lowest BCUT2D eigenvalue weighted by Gasteiger charge is -2.57. The molecule has 2 aliphatic heterocycles. The summed E-state index contributed by atoms with van der Waals surface area (Å²) < 4.78 is 21.0. The zero-order valence-electron chi connectivity index (χ0n) is 26.8. The topological polar surface area (TPSA) is 144 Å². The maximum atomic E-state index is 14.6. The van der Waals surface area contributed by atoms with Crippen molar-refractivity contribution in [2.24, 2.45) is 17.3 Å². The third-order valence-corrected chi connectivity index (χ3v) is 10.3. The quantitative estimate of drug-likeness (QED) is 0.243. The minimum Gasteiger partial charge on any atom is -0.434 e. The first-order valence-electron chi connectivity index (χ1n) is 16.6. The lowest BCUT2D eigenvalue weighted by molar-refractivity contribution is -0.0656. The van der Waals surface area contributed by atoms with E-state index in [1.807, 2.05) is 0 Å². The van der Waals surface area contributed by atoms with Gasteiger partial charge in [0.1, 0.15) is 42.2 Å². The molecule has 0 bridgehead atoms. The molecule has 4 fully saturated rings. The predicted octanol–water partition coefficient (Wildman–Crippen LogP) is 4.94. The highest BCUT2D eigenvalue weighted by Crippen LogP contribution is 2.48. The fourth-order valence-corrected chi connectivity index (χ4v) is 8.06. The Morgan fingerprint density at radius 2 is 1.85 bits per heavy atom. The lowest BCUT2D eigenvalue weighted by atomic mass is 9.68. The Hall–Kier alpha value is -4.52. The van der Waals surface area contributed by atoms with E-state index in [4.69, 9.17) is 10.5 Å².